The van der Waals surface area contributed by atoms with Gasteiger partial charge in [0.25, 0.3) is 0 Å². The second-order valence-electron chi connectivity index (χ2n) is 8.32. The summed E-state index contributed by atoms with van der Waals surface area (Å²) >= 11 is 0. The number of fused-ring (bicyclic) bond motifs is 1. The molecule has 3 N–H and O–H groups in total. The van der Waals surface area contributed by atoms with Gasteiger partial charge in [0.15, 0.2) is 17.5 Å². The summed E-state index contributed by atoms with van der Waals surface area (Å²) in [4.78, 5) is 21.3. The number of guanidine groups is 1. The maximum absolute atomic E-state index is 12.3. The number of amides is 1. The highest BCUT2D eigenvalue weighted by molar-refractivity contribution is 5.96. The molecule has 9 heteroatoms. The summed E-state index contributed by atoms with van der Waals surface area (Å²) < 4.78 is 16.6. The molecular weight excluding hydrogens is 410 g/mol. The lowest BCUT2D eigenvalue weighted by atomic mass is 10.1. The highest BCUT2D eigenvalue weighted by atomic mass is 16.5. The van der Waals surface area contributed by atoms with Crippen molar-refractivity contribution < 1.29 is 19.0 Å². The molecule has 2 aromatic rings. The van der Waals surface area contributed by atoms with Crippen molar-refractivity contribution in [1.29, 1.82) is 0 Å². The van der Waals surface area contributed by atoms with Gasteiger partial charge in [0.2, 0.25) is 11.8 Å². The van der Waals surface area contributed by atoms with Crippen LogP contribution in [0.25, 0.3) is 0 Å². The quantitative estimate of drug-likeness (QED) is 0.467. The Labute approximate surface area is 188 Å². The van der Waals surface area contributed by atoms with Crippen molar-refractivity contribution in [3.8, 4) is 17.4 Å². The molecule has 1 aromatic heterocycles. The van der Waals surface area contributed by atoms with Gasteiger partial charge in [0.05, 0.1) is 39.1 Å². The number of carbonyl (C=O) groups excluding carboxylic acids is 1. The number of aromatic nitrogens is 1. The average Bonchev–Trinajstić information content (AvgIpc) is 2.99. The van der Waals surface area contributed by atoms with E-state index in [0.717, 1.165) is 17.8 Å². The molecule has 0 bridgehead atoms. The van der Waals surface area contributed by atoms with Crippen molar-refractivity contribution in [2.24, 2.45) is 4.99 Å². The van der Waals surface area contributed by atoms with Crippen molar-refractivity contribution in [2.45, 2.75) is 39.3 Å². The van der Waals surface area contributed by atoms with E-state index in [1.807, 2.05) is 51.1 Å². The molecule has 0 fully saturated rings. The third-order valence-electron chi connectivity index (χ3n) is 4.33. The third kappa shape index (κ3) is 7.33. The van der Waals surface area contributed by atoms with Gasteiger partial charge in [0, 0.05) is 29.8 Å². The van der Waals surface area contributed by atoms with Crippen LogP contribution in [0.5, 0.6) is 17.4 Å². The molecule has 0 unspecified atom stereocenters. The molecule has 2 heterocycles. The minimum absolute atomic E-state index is 0.0686. The van der Waals surface area contributed by atoms with Crippen LogP contribution in [0.4, 0.5) is 5.69 Å². The summed E-state index contributed by atoms with van der Waals surface area (Å²) in [5.74, 6) is 2.21. The number of hydrogen-bond donors (Lipinski definition) is 3. The van der Waals surface area contributed by atoms with E-state index in [4.69, 9.17) is 14.2 Å². The minimum Gasteiger partial charge on any atom is -0.490 e. The van der Waals surface area contributed by atoms with E-state index >= 15 is 0 Å². The van der Waals surface area contributed by atoms with Crippen LogP contribution in [-0.4, -0.2) is 49.3 Å². The molecule has 1 aliphatic heterocycles. The first-order chi connectivity index (χ1) is 15.3. The molecule has 0 spiro atoms. The van der Waals surface area contributed by atoms with E-state index in [1.165, 1.54) is 0 Å². The predicted molar refractivity (Wildman–Crippen MR) is 123 cm³/mol. The first-order valence-corrected chi connectivity index (χ1v) is 10.6. The predicted octanol–water partition coefficient (Wildman–Crippen LogP) is 2.72. The number of rotatable bonds is 6. The molecule has 0 aliphatic carbocycles. The number of nitrogens with zero attached hydrogens (tertiary/aromatic N) is 2. The molecule has 0 atom stereocenters. The molecule has 172 valence electrons. The smallest absolute Gasteiger partial charge is 0.239 e. The Morgan fingerprint density at radius 1 is 1.16 bits per heavy atom. The Balaban J connectivity index is 1.74. The van der Waals surface area contributed by atoms with Gasteiger partial charge < -0.3 is 30.2 Å². The normalized spacial score (nSPS) is 13.7. The zero-order chi connectivity index (χ0) is 23.0. The Morgan fingerprint density at radius 3 is 2.69 bits per heavy atom. The largest absolute Gasteiger partial charge is 0.490 e. The molecule has 0 saturated carbocycles. The van der Waals surface area contributed by atoms with E-state index < -0.39 is 0 Å². The lowest BCUT2D eigenvalue weighted by molar-refractivity contribution is -0.121. The summed E-state index contributed by atoms with van der Waals surface area (Å²) in [5, 5.41) is 9.23. The first-order valence-electron chi connectivity index (χ1n) is 10.6. The number of methoxy groups -OCH3 is 1. The third-order valence-corrected chi connectivity index (χ3v) is 4.33. The molecular formula is C23H31N5O4. The SMILES string of the molecule is COc1cccc(CN=C(NCC(=O)NC(C)(C)C)Nc2ccc3c(c2)OCCCO3)n1. The van der Waals surface area contributed by atoms with E-state index in [2.05, 4.69) is 25.9 Å². The molecule has 0 saturated heterocycles. The van der Waals surface area contributed by atoms with E-state index in [0.29, 0.717) is 43.1 Å². The van der Waals surface area contributed by atoms with Gasteiger partial charge in [-0.3, -0.25) is 4.79 Å². The average molecular weight is 442 g/mol. The monoisotopic (exact) mass is 441 g/mol. The Kier molecular flexibility index (Phi) is 7.75. The Bertz CT molecular complexity index is 956. The summed E-state index contributed by atoms with van der Waals surface area (Å²) in [6.07, 6.45) is 0.835. The van der Waals surface area contributed by atoms with Gasteiger partial charge in [-0.25, -0.2) is 9.98 Å². The fraction of sp³-hybridized carbons (Fsp3) is 0.435. The number of benzene rings is 1. The topological polar surface area (TPSA) is 106 Å². The maximum Gasteiger partial charge on any atom is 0.239 e. The van der Waals surface area contributed by atoms with Crippen molar-refractivity contribution in [2.75, 3.05) is 32.2 Å². The summed E-state index contributed by atoms with van der Waals surface area (Å²) in [5.41, 5.74) is 1.18. The van der Waals surface area contributed by atoms with Gasteiger partial charge in [-0.2, -0.15) is 0 Å². The van der Waals surface area contributed by atoms with Crippen LogP contribution in [0.2, 0.25) is 0 Å². The number of carbonyl (C=O) groups is 1. The number of anilines is 1. The minimum atomic E-state index is -0.317. The van der Waals surface area contributed by atoms with E-state index in [9.17, 15) is 4.79 Å². The van der Waals surface area contributed by atoms with Crippen molar-refractivity contribution in [3.63, 3.8) is 0 Å². The van der Waals surface area contributed by atoms with Crippen molar-refractivity contribution >= 4 is 17.6 Å². The number of pyridine rings is 1. The zero-order valence-corrected chi connectivity index (χ0v) is 19.0. The zero-order valence-electron chi connectivity index (χ0n) is 19.0. The second-order valence-corrected chi connectivity index (χ2v) is 8.32. The van der Waals surface area contributed by atoms with Crippen LogP contribution in [0.3, 0.4) is 0 Å². The summed E-state index contributed by atoms with van der Waals surface area (Å²) in [7, 11) is 1.57. The number of ether oxygens (including phenoxy) is 3. The van der Waals surface area contributed by atoms with Crippen molar-refractivity contribution in [3.05, 3.63) is 42.1 Å². The van der Waals surface area contributed by atoms with Crippen LogP contribution in [-0.2, 0) is 11.3 Å². The molecule has 9 nitrogen and oxygen atoms in total. The molecule has 0 radical (unpaired) electrons. The Hall–Kier alpha value is -3.49. The highest BCUT2D eigenvalue weighted by Gasteiger charge is 2.15. The van der Waals surface area contributed by atoms with E-state index in [1.54, 1.807) is 13.2 Å². The van der Waals surface area contributed by atoms with Crippen LogP contribution >= 0.6 is 0 Å². The van der Waals surface area contributed by atoms with Crippen LogP contribution in [0, 0.1) is 0 Å². The Morgan fingerprint density at radius 2 is 1.94 bits per heavy atom. The van der Waals surface area contributed by atoms with Crippen LogP contribution < -0.4 is 30.2 Å². The lowest BCUT2D eigenvalue weighted by Crippen LogP contribution is -2.46. The number of aliphatic imine (C=N–C) groups is 1. The van der Waals surface area contributed by atoms with Crippen molar-refractivity contribution in [1.82, 2.24) is 15.6 Å². The van der Waals surface area contributed by atoms with E-state index in [-0.39, 0.29) is 18.0 Å². The number of hydrogen-bond acceptors (Lipinski definition) is 6. The van der Waals surface area contributed by atoms with Gasteiger partial charge in [-0.05, 0) is 39.0 Å². The van der Waals surface area contributed by atoms with Gasteiger partial charge >= 0.3 is 0 Å². The summed E-state index contributed by atoms with van der Waals surface area (Å²) in [6.45, 7) is 7.41. The van der Waals surface area contributed by atoms with Gasteiger partial charge in [-0.1, -0.05) is 6.07 Å². The molecule has 32 heavy (non-hydrogen) atoms. The first kappa shape index (κ1) is 23.2. The van der Waals surface area contributed by atoms with Crippen LogP contribution in [0.1, 0.15) is 32.9 Å². The fourth-order valence-electron chi connectivity index (χ4n) is 2.96. The highest BCUT2D eigenvalue weighted by Crippen LogP contribution is 2.32. The molecule has 1 aromatic carbocycles. The summed E-state index contributed by atoms with van der Waals surface area (Å²) in [6, 6.07) is 11.1. The molecule has 3 rings (SSSR count). The fourth-order valence-corrected chi connectivity index (χ4v) is 2.96. The molecule has 1 aliphatic rings. The lowest BCUT2D eigenvalue weighted by Gasteiger charge is -2.21. The maximum atomic E-state index is 12.3. The number of nitrogens with one attached hydrogen (secondary N) is 3. The van der Waals surface area contributed by atoms with Gasteiger partial charge in [0.1, 0.15) is 0 Å². The van der Waals surface area contributed by atoms with Crippen LogP contribution in [0.15, 0.2) is 41.4 Å². The standard InChI is InChI=1S/C23H31N5O4/c1-23(2,3)28-20(29)15-25-22(24-14-17-7-5-8-21(26-17)30-4)27-16-9-10-18-19(13-16)32-12-6-11-31-18/h5,7-10,13H,6,11-12,14-15H2,1-4H3,(H,28,29)(H2,24,25,27). The second kappa shape index (κ2) is 10.7. The molecule has 1 amide bonds. The van der Waals surface area contributed by atoms with Gasteiger partial charge in [-0.15, -0.1) is 0 Å².